The number of hydrogen-bond acceptors (Lipinski definition) is 10. The Morgan fingerprint density at radius 3 is 2.49 bits per heavy atom. The summed E-state index contributed by atoms with van der Waals surface area (Å²) in [5.41, 5.74) is 1.72. The molecule has 0 amide bonds. The number of imidazole rings is 1. The van der Waals surface area contributed by atoms with Crippen LogP contribution in [-0.4, -0.2) is 67.5 Å². The van der Waals surface area contributed by atoms with Crippen molar-refractivity contribution in [2.45, 2.75) is 64.1 Å². The number of nitrogens with one attached hydrogen (secondary N) is 1. The topological polar surface area (TPSA) is 143 Å². The number of aromatic nitrogens is 6. The number of nitrogens with zero attached hydrogens (tertiary/aromatic N) is 5. The Bertz CT molecular complexity index is 1940. The third-order valence-electron chi connectivity index (χ3n) is 7.87. The van der Waals surface area contributed by atoms with Gasteiger partial charge in [-0.2, -0.15) is 23.4 Å². The van der Waals surface area contributed by atoms with Gasteiger partial charge in [0, 0.05) is 18.1 Å². The van der Waals surface area contributed by atoms with Gasteiger partial charge in [-0.15, -0.1) is 10.2 Å². The number of carbonyl (C=O) groups is 2. The zero-order valence-electron chi connectivity index (χ0n) is 26.1. The lowest BCUT2D eigenvalue weighted by Crippen LogP contribution is -2.26. The second-order valence-corrected chi connectivity index (χ2v) is 11.4. The Balaban J connectivity index is 1.28. The molecule has 16 heteroatoms. The number of rotatable bonds is 10. The lowest BCUT2D eigenvalue weighted by molar-refractivity contribution is -0.155. The summed E-state index contributed by atoms with van der Waals surface area (Å²) in [5.74, 6) is -1.36. The van der Waals surface area contributed by atoms with Crippen molar-refractivity contribution < 1.29 is 46.1 Å². The lowest BCUT2D eigenvalue weighted by atomic mass is 9.98. The van der Waals surface area contributed by atoms with Gasteiger partial charge < -0.3 is 18.9 Å². The molecule has 2 aromatic heterocycles. The van der Waals surface area contributed by atoms with Crippen molar-refractivity contribution in [1.82, 2.24) is 30.2 Å². The first-order valence-corrected chi connectivity index (χ1v) is 15.4. The van der Waals surface area contributed by atoms with Crippen LogP contribution < -0.4 is 4.74 Å². The fourth-order valence-electron chi connectivity index (χ4n) is 5.67. The molecular weight excluding hydrogens is 652 g/mol. The number of H-pyrrole nitrogens is 1. The number of esters is 1. The molecule has 1 N–H and O–H groups in total. The second-order valence-electron chi connectivity index (χ2n) is 11.4. The van der Waals surface area contributed by atoms with Crippen LogP contribution in [0, 0.1) is 5.82 Å². The summed E-state index contributed by atoms with van der Waals surface area (Å²) >= 11 is 0. The van der Waals surface area contributed by atoms with Crippen LogP contribution in [0.4, 0.5) is 22.4 Å². The summed E-state index contributed by atoms with van der Waals surface area (Å²) in [7, 11) is 0. The van der Waals surface area contributed by atoms with Gasteiger partial charge in [-0.1, -0.05) is 48.9 Å². The summed E-state index contributed by atoms with van der Waals surface area (Å²) in [6.45, 7) is -0.728. The summed E-state index contributed by atoms with van der Waals surface area (Å²) < 4.78 is 77.3. The number of alkyl halides is 3. The van der Waals surface area contributed by atoms with Gasteiger partial charge in [0.1, 0.15) is 11.9 Å². The molecule has 0 saturated heterocycles. The van der Waals surface area contributed by atoms with E-state index in [2.05, 4.69) is 25.6 Å². The van der Waals surface area contributed by atoms with E-state index < -0.39 is 43.0 Å². The first-order chi connectivity index (χ1) is 23.6. The highest BCUT2D eigenvalue weighted by Crippen LogP contribution is 2.33. The zero-order valence-corrected chi connectivity index (χ0v) is 26.1. The fraction of sp³-hybridized carbons (Fsp3) is 0.333. The Hall–Kier alpha value is -5.54. The van der Waals surface area contributed by atoms with Crippen molar-refractivity contribution in [1.29, 1.82) is 0 Å². The summed E-state index contributed by atoms with van der Waals surface area (Å²) in [6, 6.07) is 15.2. The van der Waals surface area contributed by atoms with E-state index in [1.165, 1.54) is 37.3 Å². The minimum atomic E-state index is -4.71. The smallest absolute Gasteiger partial charge is 0.455 e. The van der Waals surface area contributed by atoms with Crippen LogP contribution in [0.25, 0.3) is 33.5 Å². The van der Waals surface area contributed by atoms with E-state index in [4.69, 9.17) is 18.9 Å². The molecule has 2 heterocycles. The molecule has 1 saturated carbocycles. The van der Waals surface area contributed by atoms with E-state index in [1.54, 1.807) is 30.3 Å². The number of fused-ring (bicyclic) bond motifs is 1. The van der Waals surface area contributed by atoms with E-state index in [0.717, 1.165) is 23.8 Å². The van der Waals surface area contributed by atoms with E-state index in [0.29, 0.717) is 35.4 Å². The molecule has 1 atom stereocenters. The van der Waals surface area contributed by atoms with Crippen molar-refractivity contribution in [2.75, 3.05) is 6.61 Å². The standard InChI is InChI=1S/C33H30F4N6O6/c1-19(48-32(45)49-22-8-3-2-4-9-22)47-30(44)25-12-7-13-27-28(25)43(31(38-27)46-18-33(35,36)37)17-21-15-14-20(16-26(21)34)23-10-5-6-11-24(23)29-39-41-42-40-29/h5-7,10-16,19,22H,2-4,8-9,17-18H2,1H3,(H,39,40,41,42). The Morgan fingerprint density at radius 1 is 1.00 bits per heavy atom. The zero-order chi connectivity index (χ0) is 34.5. The Morgan fingerprint density at radius 2 is 1.78 bits per heavy atom. The van der Waals surface area contributed by atoms with Crippen LogP contribution in [0.15, 0.2) is 60.7 Å². The van der Waals surface area contributed by atoms with Crippen LogP contribution in [0.5, 0.6) is 6.01 Å². The average molecular weight is 683 g/mol. The number of tetrazole rings is 1. The number of hydrogen-bond donors (Lipinski definition) is 1. The summed E-state index contributed by atoms with van der Waals surface area (Å²) in [5, 5.41) is 14.0. The van der Waals surface area contributed by atoms with E-state index in [-0.39, 0.29) is 34.8 Å². The molecule has 0 radical (unpaired) electrons. The molecular formula is C33H30F4N6O6. The van der Waals surface area contributed by atoms with Gasteiger partial charge in [0.25, 0.3) is 6.01 Å². The molecule has 12 nitrogen and oxygen atoms in total. The maximum absolute atomic E-state index is 15.8. The molecule has 6 rings (SSSR count). The second kappa shape index (κ2) is 14.3. The van der Waals surface area contributed by atoms with Gasteiger partial charge in [-0.05, 0) is 60.2 Å². The minimum Gasteiger partial charge on any atom is -0.455 e. The molecule has 5 aromatic rings. The SMILES string of the molecule is CC(OC(=O)OC1CCCCC1)OC(=O)c1cccc2nc(OCC(F)(F)F)n(Cc3ccc(-c4ccccc4-c4nn[nH]n4)cc3F)c12. The molecule has 0 spiro atoms. The quantitative estimate of drug-likeness (QED) is 0.0929. The van der Waals surface area contributed by atoms with Crippen LogP contribution >= 0.6 is 0 Å². The van der Waals surface area contributed by atoms with E-state index >= 15 is 4.39 Å². The Kier molecular flexibility index (Phi) is 9.73. The van der Waals surface area contributed by atoms with Crippen molar-refractivity contribution in [2.24, 2.45) is 0 Å². The highest BCUT2D eigenvalue weighted by molar-refractivity contribution is 6.02. The number of ether oxygens (including phenoxy) is 4. The first kappa shape index (κ1) is 33.4. The predicted octanol–water partition coefficient (Wildman–Crippen LogP) is 7.00. The molecule has 1 aliphatic carbocycles. The van der Waals surface area contributed by atoms with Gasteiger partial charge in [-0.25, -0.2) is 14.0 Å². The largest absolute Gasteiger partial charge is 0.511 e. The molecule has 1 aliphatic rings. The van der Waals surface area contributed by atoms with Crippen molar-refractivity contribution in [3.8, 4) is 28.5 Å². The summed E-state index contributed by atoms with van der Waals surface area (Å²) in [4.78, 5) is 29.8. The maximum atomic E-state index is 15.8. The van der Waals surface area contributed by atoms with E-state index in [1.807, 2.05) is 0 Å². The highest BCUT2D eigenvalue weighted by atomic mass is 19.4. The number of para-hydroxylation sites is 1. The number of carbonyl (C=O) groups excluding carboxylic acids is 2. The predicted molar refractivity (Wildman–Crippen MR) is 165 cm³/mol. The first-order valence-electron chi connectivity index (χ1n) is 15.4. The maximum Gasteiger partial charge on any atom is 0.511 e. The molecule has 49 heavy (non-hydrogen) atoms. The third-order valence-corrected chi connectivity index (χ3v) is 7.87. The van der Waals surface area contributed by atoms with E-state index in [9.17, 15) is 22.8 Å². The molecule has 3 aromatic carbocycles. The van der Waals surface area contributed by atoms with Crippen LogP contribution in [0.2, 0.25) is 0 Å². The van der Waals surface area contributed by atoms with Crippen molar-refractivity contribution >= 4 is 23.2 Å². The van der Waals surface area contributed by atoms with Crippen molar-refractivity contribution in [3.05, 3.63) is 77.6 Å². The average Bonchev–Trinajstić information content (AvgIpc) is 3.73. The summed E-state index contributed by atoms with van der Waals surface area (Å²) in [6.07, 6.45) is -3.00. The molecule has 0 bridgehead atoms. The number of halogens is 4. The van der Waals surface area contributed by atoms with Gasteiger partial charge >= 0.3 is 18.3 Å². The van der Waals surface area contributed by atoms with Gasteiger partial charge in [0.15, 0.2) is 6.61 Å². The number of aromatic amines is 1. The van der Waals surface area contributed by atoms with Gasteiger partial charge in [-0.3, -0.25) is 4.57 Å². The van der Waals surface area contributed by atoms with Crippen molar-refractivity contribution in [3.63, 3.8) is 0 Å². The lowest BCUT2D eigenvalue weighted by Gasteiger charge is -2.22. The number of benzene rings is 3. The van der Waals surface area contributed by atoms with Crippen LogP contribution in [0.1, 0.15) is 54.9 Å². The van der Waals surface area contributed by atoms with Crippen LogP contribution in [0.3, 0.4) is 0 Å². The van der Waals surface area contributed by atoms with Crippen LogP contribution in [-0.2, 0) is 20.8 Å². The molecule has 256 valence electrons. The minimum absolute atomic E-state index is 0.0209. The molecule has 1 fully saturated rings. The molecule has 0 aliphatic heterocycles. The monoisotopic (exact) mass is 682 g/mol. The third kappa shape index (κ3) is 7.96. The normalized spacial score (nSPS) is 14.4. The van der Waals surface area contributed by atoms with Gasteiger partial charge in [0.2, 0.25) is 12.1 Å². The van der Waals surface area contributed by atoms with Gasteiger partial charge in [0.05, 0.1) is 23.1 Å². The Labute approximate surface area is 276 Å². The molecule has 1 unspecified atom stereocenters. The highest BCUT2D eigenvalue weighted by Gasteiger charge is 2.31. The fourth-order valence-corrected chi connectivity index (χ4v) is 5.67.